The van der Waals surface area contributed by atoms with Crippen LogP contribution < -0.4 is 9.62 Å². The lowest BCUT2D eigenvalue weighted by molar-refractivity contribution is -0.140. The van der Waals surface area contributed by atoms with E-state index < -0.39 is 34.1 Å². The predicted octanol–water partition coefficient (Wildman–Crippen LogP) is 5.79. The lowest BCUT2D eigenvalue weighted by atomic mass is 10.1. The van der Waals surface area contributed by atoms with Crippen LogP contribution in [0.1, 0.15) is 49.9 Å². The zero-order valence-corrected chi connectivity index (χ0v) is 25.7. The fourth-order valence-electron chi connectivity index (χ4n) is 4.28. The van der Waals surface area contributed by atoms with Crippen molar-refractivity contribution in [2.75, 3.05) is 10.8 Å². The molecule has 3 rings (SSSR count). The molecule has 2 amide bonds. The monoisotopic (exact) mass is 583 g/mol. The molecule has 0 aliphatic carbocycles. The van der Waals surface area contributed by atoms with Gasteiger partial charge in [0.25, 0.3) is 10.0 Å². The quantitative estimate of drug-likeness (QED) is 0.345. The Balaban J connectivity index is 2.08. The number of nitrogens with one attached hydrogen (secondary N) is 1. The van der Waals surface area contributed by atoms with Crippen molar-refractivity contribution in [3.05, 3.63) is 94.0 Å². The Bertz CT molecular complexity index is 1480. The molecule has 40 heavy (non-hydrogen) atoms. The molecular weight excluding hydrogens is 546 g/mol. The molecule has 0 bridgehead atoms. The smallest absolute Gasteiger partial charge is 0.264 e. The van der Waals surface area contributed by atoms with Crippen molar-refractivity contribution in [1.29, 1.82) is 0 Å². The molecule has 7 nitrogen and oxygen atoms in total. The van der Waals surface area contributed by atoms with E-state index in [9.17, 15) is 18.0 Å². The second-order valence-corrected chi connectivity index (χ2v) is 13.4. The van der Waals surface area contributed by atoms with Crippen LogP contribution in [0.3, 0.4) is 0 Å². The first-order chi connectivity index (χ1) is 18.6. The molecule has 0 saturated carbocycles. The van der Waals surface area contributed by atoms with Gasteiger partial charge >= 0.3 is 0 Å². The Labute approximate surface area is 243 Å². The maximum absolute atomic E-state index is 14.1. The van der Waals surface area contributed by atoms with Gasteiger partial charge in [-0.1, -0.05) is 65.2 Å². The van der Waals surface area contributed by atoms with Crippen LogP contribution in [0.15, 0.2) is 71.6 Å². The lowest BCUT2D eigenvalue weighted by Gasteiger charge is -2.34. The van der Waals surface area contributed by atoms with Crippen molar-refractivity contribution in [3.8, 4) is 0 Å². The minimum atomic E-state index is -4.17. The number of hydrogen-bond acceptors (Lipinski definition) is 4. The summed E-state index contributed by atoms with van der Waals surface area (Å²) in [4.78, 5) is 28.7. The number of anilines is 1. The van der Waals surface area contributed by atoms with E-state index in [1.165, 1.54) is 17.0 Å². The summed E-state index contributed by atoms with van der Waals surface area (Å²) in [5, 5.41) is 3.31. The molecule has 0 fully saturated rings. The average molecular weight is 584 g/mol. The first-order valence-corrected chi connectivity index (χ1v) is 14.9. The van der Waals surface area contributed by atoms with Gasteiger partial charge < -0.3 is 10.2 Å². The van der Waals surface area contributed by atoms with Gasteiger partial charge in [0.2, 0.25) is 11.8 Å². The number of sulfonamides is 1. The molecule has 0 aromatic heterocycles. The normalized spacial score (nSPS) is 12.5. The van der Waals surface area contributed by atoms with Crippen molar-refractivity contribution >= 4 is 39.1 Å². The minimum absolute atomic E-state index is 0.0500. The summed E-state index contributed by atoms with van der Waals surface area (Å²) in [6, 6.07) is 18.2. The molecule has 0 spiro atoms. The molecule has 9 heteroatoms. The van der Waals surface area contributed by atoms with Crippen LogP contribution in [-0.2, 0) is 26.2 Å². The van der Waals surface area contributed by atoms with Gasteiger partial charge in [0.1, 0.15) is 12.6 Å². The maximum Gasteiger partial charge on any atom is 0.264 e. The second kappa shape index (κ2) is 12.4. The molecular formula is C31H38ClN3O4S. The van der Waals surface area contributed by atoms with Gasteiger partial charge in [-0.25, -0.2) is 8.42 Å². The summed E-state index contributed by atoms with van der Waals surface area (Å²) in [5.74, 6) is -0.853. The number of carbonyl (C=O) groups excluding carboxylic acids is 2. The van der Waals surface area contributed by atoms with Gasteiger partial charge in [-0.3, -0.25) is 13.9 Å². The topological polar surface area (TPSA) is 86.8 Å². The molecule has 0 unspecified atom stereocenters. The van der Waals surface area contributed by atoms with E-state index in [0.717, 1.165) is 21.0 Å². The summed E-state index contributed by atoms with van der Waals surface area (Å²) >= 11 is 6.38. The van der Waals surface area contributed by atoms with Crippen LogP contribution in [0.2, 0.25) is 5.02 Å². The third-order valence-electron chi connectivity index (χ3n) is 6.50. The van der Waals surface area contributed by atoms with Crippen LogP contribution in [0.5, 0.6) is 0 Å². The molecule has 1 atom stereocenters. The number of rotatable bonds is 9. The van der Waals surface area contributed by atoms with E-state index in [-0.39, 0.29) is 17.3 Å². The van der Waals surface area contributed by atoms with Crippen LogP contribution in [-0.4, -0.2) is 43.3 Å². The van der Waals surface area contributed by atoms with Gasteiger partial charge in [-0.15, -0.1) is 0 Å². The Hall–Kier alpha value is -3.36. The van der Waals surface area contributed by atoms with Gasteiger partial charge in [-0.05, 0) is 83.9 Å². The van der Waals surface area contributed by atoms with Crippen molar-refractivity contribution in [1.82, 2.24) is 10.2 Å². The fourth-order valence-corrected chi connectivity index (χ4v) is 5.92. The molecule has 3 aromatic rings. The Kier molecular flexibility index (Phi) is 9.69. The molecule has 214 valence electrons. The van der Waals surface area contributed by atoms with Crippen LogP contribution in [0, 0.1) is 20.8 Å². The predicted molar refractivity (Wildman–Crippen MR) is 161 cm³/mol. The van der Waals surface area contributed by atoms with Crippen molar-refractivity contribution in [2.24, 2.45) is 0 Å². The first kappa shape index (κ1) is 31.2. The number of nitrogens with zero attached hydrogens (tertiary/aromatic N) is 2. The average Bonchev–Trinajstić information content (AvgIpc) is 2.86. The van der Waals surface area contributed by atoms with E-state index in [0.29, 0.717) is 16.3 Å². The molecule has 0 radical (unpaired) electrons. The zero-order chi connectivity index (χ0) is 29.8. The van der Waals surface area contributed by atoms with E-state index in [1.807, 2.05) is 58.9 Å². The maximum atomic E-state index is 14.1. The summed E-state index contributed by atoms with van der Waals surface area (Å²) in [5.41, 5.74) is 3.05. The van der Waals surface area contributed by atoms with Crippen LogP contribution >= 0.6 is 11.6 Å². The molecule has 1 N–H and O–H groups in total. The standard InChI is InChI=1S/C31H38ClN3O4S/c1-21-14-16-26(17-15-21)40(38,39)35(28-13-9-12-27(32)23(28)3)20-29(36)34(19-25-11-8-10-22(2)18-25)24(4)30(37)33-31(5,6)7/h8-18,24H,19-20H2,1-7H3,(H,33,37)/t24-/m1/s1. The number of hydrogen-bond donors (Lipinski definition) is 1. The molecule has 0 saturated heterocycles. The number of carbonyl (C=O) groups is 2. The van der Waals surface area contributed by atoms with Crippen molar-refractivity contribution < 1.29 is 18.0 Å². The molecule has 3 aromatic carbocycles. The lowest BCUT2D eigenvalue weighted by Crippen LogP contribution is -2.54. The van der Waals surface area contributed by atoms with Crippen molar-refractivity contribution in [2.45, 2.75) is 71.5 Å². The summed E-state index contributed by atoms with van der Waals surface area (Å²) in [7, 11) is -4.17. The number of amides is 2. The van der Waals surface area contributed by atoms with Crippen LogP contribution in [0.4, 0.5) is 5.69 Å². The second-order valence-electron chi connectivity index (χ2n) is 11.1. The van der Waals surface area contributed by atoms with Gasteiger partial charge in [0.05, 0.1) is 10.6 Å². The van der Waals surface area contributed by atoms with E-state index in [1.54, 1.807) is 44.2 Å². The SMILES string of the molecule is Cc1ccc(S(=O)(=O)N(CC(=O)N(Cc2cccc(C)c2)[C@H](C)C(=O)NC(C)(C)C)c2cccc(Cl)c2C)cc1. The third kappa shape index (κ3) is 7.64. The highest BCUT2D eigenvalue weighted by Gasteiger charge is 2.34. The van der Waals surface area contributed by atoms with Crippen molar-refractivity contribution in [3.63, 3.8) is 0 Å². The van der Waals surface area contributed by atoms with Crippen LogP contribution in [0.25, 0.3) is 0 Å². The Morgan fingerprint density at radius 3 is 2.15 bits per heavy atom. The van der Waals surface area contributed by atoms with E-state index in [4.69, 9.17) is 11.6 Å². The third-order valence-corrected chi connectivity index (χ3v) is 8.68. The highest BCUT2D eigenvalue weighted by Crippen LogP contribution is 2.31. The highest BCUT2D eigenvalue weighted by atomic mass is 35.5. The zero-order valence-electron chi connectivity index (χ0n) is 24.2. The molecule has 0 aliphatic heterocycles. The van der Waals surface area contributed by atoms with Gasteiger partial charge in [0.15, 0.2) is 0 Å². The number of aryl methyl sites for hydroxylation is 2. The van der Waals surface area contributed by atoms with Gasteiger partial charge in [0, 0.05) is 17.1 Å². The van der Waals surface area contributed by atoms with E-state index in [2.05, 4.69) is 5.32 Å². The highest BCUT2D eigenvalue weighted by molar-refractivity contribution is 7.92. The fraction of sp³-hybridized carbons (Fsp3) is 0.355. The summed E-state index contributed by atoms with van der Waals surface area (Å²) in [6.07, 6.45) is 0. The van der Waals surface area contributed by atoms with E-state index >= 15 is 0 Å². The molecule has 0 aliphatic rings. The number of halogens is 1. The number of benzene rings is 3. The summed E-state index contributed by atoms with van der Waals surface area (Å²) < 4.78 is 29.1. The van der Waals surface area contributed by atoms with Gasteiger partial charge in [-0.2, -0.15) is 0 Å². The minimum Gasteiger partial charge on any atom is -0.350 e. The summed E-state index contributed by atoms with van der Waals surface area (Å²) in [6.45, 7) is 12.4. The Morgan fingerprint density at radius 2 is 1.55 bits per heavy atom. The Morgan fingerprint density at radius 1 is 0.925 bits per heavy atom. The largest absolute Gasteiger partial charge is 0.350 e. The molecule has 0 heterocycles. The first-order valence-electron chi connectivity index (χ1n) is 13.1.